The van der Waals surface area contributed by atoms with Crippen molar-refractivity contribution in [3.8, 4) is 5.75 Å². The van der Waals surface area contributed by atoms with Gasteiger partial charge >= 0.3 is 6.18 Å². The van der Waals surface area contributed by atoms with Gasteiger partial charge in [-0.1, -0.05) is 11.6 Å². The first-order chi connectivity index (χ1) is 11.2. The van der Waals surface area contributed by atoms with Crippen LogP contribution < -0.4 is 10.1 Å². The minimum Gasteiger partial charge on any atom is -0.481 e. The second-order valence-electron chi connectivity index (χ2n) is 4.90. The Bertz CT molecular complexity index is 732. The minimum absolute atomic E-state index is 0.0636. The summed E-state index contributed by atoms with van der Waals surface area (Å²) >= 11 is 5.51. The molecular weight excluding hydrogens is 350 g/mol. The molecule has 1 atom stereocenters. The summed E-state index contributed by atoms with van der Waals surface area (Å²) in [6.07, 6.45) is -5.63. The number of halogens is 5. The molecule has 128 valence electrons. The first-order valence-electron chi connectivity index (χ1n) is 6.76. The summed E-state index contributed by atoms with van der Waals surface area (Å²) in [6, 6.07) is 8.03. The number of alkyl halides is 3. The Labute approximate surface area is 140 Å². The molecule has 2 aromatic rings. The molecule has 0 bridgehead atoms. The molecule has 2 rings (SSSR count). The Morgan fingerprint density at radius 1 is 1.17 bits per heavy atom. The van der Waals surface area contributed by atoms with E-state index in [1.54, 1.807) is 0 Å². The highest BCUT2D eigenvalue weighted by Gasteiger charge is 2.33. The maximum absolute atomic E-state index is 12.8. The molecule has 0 fully saturated rings. The normalized spacial score (nSPS) is 12.6. The summed E-state index contributed by atoms with van der Waals surface area (Å²) in [4.78, 5) is 12.0. The Morgan fingerprint density at radius 3 is 2.38 bits per heavy atom. The van der Waals surface area contributed by atoms with Crippen molar-refractivity contribution in [1.82, 2.24) is 0 Å². The van der Waals surface area contributed by atoms with Gasteiger partial charge in [-0.05, 0) is 49.4 Å². The van der Waals surface area contributed by atoms with Crippen molar-refractivity contribution in [2.45, 2.75) is 19.2 Å². The third-order valence-electron chi connectivity index (χ3n) is 3.04. The van der Waals surface area contributed by atoms with Crippen LogP contribution in [-0.2, 0) is 11.0 Å². The number of hydrogen-bond acceptors (Lipinski definition) is 2. The minimum atomic E-state index is -4.63. The van der Waals surface area contributed by atoms with E-state index in [-0.39, 0.29) is 11.4 Å². The predicted octanol–water partition coefficient (Wildman–Crippen LogP) is 4.90. The van der Waals surface area contributed by atoms with E-state index in [1.807, 2.05) is 0 Å². The number of benzene rings is 2. The van der Waals surface area contributed by atoms with Crippen molar-refractivity contribution in [3.05, 3.63) is 58.9 Å². The van der Waals surface area contributed by atoms with Crippen LogP contribution in [-0.4, -0.2) is 12.0 Å². The molecule has 0 aliphatic rings. The molecule has 0 saturated carbocycles. The van der Waals surface area contributed by atoms with E-state index in [0.717, 1.165) is 24.3 Å². The molecule has 0 aliphatic heterocycles. The first-order valence-corrected chi connectivity index (χ1v) is 7.14. The van der Waals surface area contributed by atoms with Gasteiger partial charge in [0.2, 0.25) is 0 Å². The molecule has 8 heteroatoms. The maximum atomic E-state index is 12.8. The Kier molecular flexibility index (Phi) is 5.33. The van der Waals surface area contributed by atoms with Crippen molar-refractivity contribution < 1.29 is 27.1 Å². The van der Waals surface area contributed by atoms with Crippen LogP contribution in [0.2, 0.25) is 5.02 Å². The van der Waals surface area contributed by atoms with Gasteiger partial charge in [0.1, 0.15) is 11.6 Å². The number of rotatable bonds is 4. The van der Waals surface area contributed by atoms with Gasteiger partial charge in [0, 0.05) is 5.69 Å². The molecule has 0 radical (unpaired) electrons. The lowest BCUT2D eigenvalue weighted by Crippen LogP contribution is -2.30. The molecule has 0 unspecified atom stereocenters. The lowest BCUT2D eigenvalue weighted by atomic mass is 10.2. The summed E-state index contributed by atoms with van der Waals surface area (Å²) in [5.41, 5.74) is -1.11. The van der Waals surface area contributed by atoms with Crippen LogP contribution >= 0.6 is 11.6 Å². The van der Waals surface area contributed by atoms with Gasteiger partial charge in [0.15, 0.2) is 6.10 Å². The highest BCUT2D eigenvalue weighted by molar-refractivity contribution is 6.31. The van der Waals surface area contributed by atoms with Crippen LogP contribution in [0.3, 0.4) is 0 Å². The number of hydrogen-bond donors (Lipinski definition) is 1. The monoisotopic (exact) mass is 361 g/mol. The lowest BCUT2D eigenvalue weighted by Gasteiger charge is -2.16. The molecule has 2 aromatic carbocycles. The van der Waals surface area contributed by atoms with Gasteiger partial charge in [-0.25, -0.2) is 4.39 Å². The zero-order chi connectivity index (χ0) is 17.9. The molecule has 1 N–H and O–H groups in total. The number of amides is 1. The molecule has 24 heavy (non-hydrogen) atoms. The van der Waals surface area contributed by atoms with E-state index in [9.17, 15) is 22.4 Å². The number of carbonyl (C=O) groups is 1. The van der Waals surface area contributed by atoms with E-state index in [4.69, 9.17) is 16.3 Å². The summed E-state index contributed by atoms with van der Waals surface area (Å²) in [6.45, 7) is 1.42. The highest BCUT2D eigenvalue weighted by Crippen LogP contribution is 2.36. The van der Waals surface area contributed by atoms with Crippen molar-refractivity contribution >= 4 is 23.2 Å². The van der Waals surface area contributed by atoms with Crippen LogP contribution in [0, 0.1) is 5.82 Å². The van der Waals surface area contributed by atoms with Crippen molar-refractivity contribution in [1.29, 1.82) is 0 Å². The van der Waals surface area contributed by atoms with Crippen LogP contribution in [0.1, 0.15) is 12.5 Å². The zero-order valence-corrected chi connectivity index (χ0v) is 13.1. The summed E-state index contributed by atoms with van der Waals surface area (Å²) < 4.78 is 56.5. The summed E-state index contributed by atoms with van der Waals surface area (Å²) in [5.74, 6) is -0.860. The van der Waals surface area contributed by atoms with E-state index in [1.165, 1.54) is 25.1 Å². The number of anilines is 1. The highest BCUT2D eigenvalue weighted by atomic mass is 35.5. The fourth-order valence-corrected chi connectivity index (χ4v) is 2.06. The number of nitrogens with one attached hydrogen (secondary N) is 1. The average molecular weight is 362 g/mol. The molecule has 0 aliphatic carbocycles. The van der Waals surface area contributed by atoms with Crippen LogP contribution in [0.5, 0.6) is 5.75 Å². The molecule has 0 aromatic heterocycles. The van der Waals surface area contributed by atoms with E-state index in [2.05, 4.69) is 5.32 Å². The van der Waals surface area contributed by atoms with Crippen molar-refractivity contribution in [2.75, 3.05) is 5.32 Å². The molecule has 0 spiro atoms. The molecule has 0 heterocycles. The quantitative estimate of drug-likeness (QED) is 0.786. The van der Waals surface area contributed by atoms with E-state index in [0.29, 0.717) is 0 Å². The number of ether oxygens (including phenoxy) is 1. The average Bonchev–Trinajstić information content (AvgIpc) is 2.50. The second-order valence-corrected chi connectivity index (χ2v) is 5.30. The first kappa shape index (κ1) is 18.1. The fraction of sp³-hybridized carbons (Fsp3) is 0.188. The number of carbonyl (C=O) groups excluding carboxylic acids is 1. The SMILES string of the molecule is C[C@H](Oc1ccc(F)cc1)C(=O)Nc1ccc(Cl)c(C(F)(F)F)c1. The topological polar surface area (TPSA) is 38.3 Å². The smallest absolute Gasteiger partial charge is 0.417 e. The Balaban J connectivity index is 2.07. The molecule has 3 nitrogen and oxygen atoms in total. The predicted molar refractivity (Wildman–Crippen MR) is 81.6 cm³/mol. The third-order valence-corrected chi connectivity index (χ3v) is 3.36. The van der Waals surface area contributed by atoms with Crippen molar-refractivity contribution in [2.24, 2.45) is 0 Å². The largest absolute Gasteiger partial charge is 0.481 e. The second kappa shape index (κ2) is 7.09. The van der Waals surface area contributed by atoms with E-state index >= 15 is 0 Å². The van der Waals surface area contributed by atoms with Crippen LogP contribution in [0.25, 0.3) is 0 Å². The van der Waals surface area contributed by atoms with Crippen LogP contribution in [0.15, 0.2) is 42.5 Å². The molecule has 0 saturated heterocycles. The fourth-order valence-electron chi connectivity index (χ4n) is 1.83. The van der Waals surface area contributed by atoms with E-state index < -0.39 is 34.6 Å². The molecular formula is C16H12ClF4NO2. The summed E-state index contributed by atoms with van der Waals surface area (Å²) in [5, 5.41) is 1.85. The van der Waals surface area contributed by atoms with Gasteiger partial charge in [-0.2, -0.15) is 13.2 Å². The van der Waals surface area contributed by atoms with Crippen molar-refractivity contribution in [3.63, 3.8) is 0 Å². The lowest BCUT2D eigenvalue weighted by molar-refractivity contribution is -0.137. The van der Waals surface area contributed by atoms with Gasteiger partial charge in [-0.3, -0.25) is 4.79 Å². The molecule has 1 amide bonds. The standard InChI is InChI=1S/C16H12ClF4NO2/c1-9(24-12-5-2-10(18)3-6-12)15(23)22-11-4-7-14(17)13(8-11)16(19,20)21/h2-9H,1H3,(H,22,23)/t9-/m0/s1. The van der Waals surface area contributed by atoms with Gasteiger partial charge in [0.25, 0.3) is 5.91 Å². The summed E-state index contributed by atoms with van der Waals surface area (Å²) in [7, 11) is 0. The van der Waals surface area contributed by atoms with Gasteiger partial charge < -0.3 is 10.1 Å². The zero-order valence-electron chi connectivity index (χ0n) is 12.3. The Morgan fingerprint density at radius 2 is 1.79 bits per heavy atom. The van der Waals surface area contributed by atoms with Crippen LogP contribution in [0.4, 0.5) is 23.2 Å². The maximum Gasteiger partial charge on any atom is 0.417 e. The van der Waals surface area contributed by atoms with Gasteiger partial charge in [-0.15, -0.1) is 0 Å². The Hall–Kier alpha value is -2.28. The van der Waals surface area contributed by atoms with Gasteiger partial charge in [0.05, 0.1) is 10.6 Å². The third kappa shape index (κ3) is 4.61.